The number of fused-ring (bicyclic) bond motifs is 1. The summed E-state index contributed by atoms with van der Waals surface area (Å²) in [6.07, 6.45) is -0.810. The highest BCUT2D eigenvalue weighted by molar-refractivity contribution is 6.31. The van der Waals surface area contributed by atoms with E-state index in [1.54, 1.807) is 12.1 Å². The van der Waals surface area contributed by atoms with Crippen molar-refractivity contribution in [2.24, 2.45) is 0 Å². The first-order chi connectivity index (χ1) is 9.91. The topological polar surface area (TPSA) is 49.3 Å². The Balaban J connectivity index is 2.05. The molecule has 0 aliphatic carbocycles. The van der Waals surface area contributed by atoms with Crippen molar-refractivity contribution in [3.63, 3.8) is 0 Å². The van der Waals surface area contributed by atoms with E-state index < -0.39 is 11.5 Å². The molecule has 4 heteroatoms. The summed E-state index contributed by atoms with van der Waals surface area (Å²) < 4.78 is 0. The van der Waals surface area contributed by atoms with Crippen molar-refractivity contribution >= 4 is 23.2 Å². The number of aliphatic hydroxyl groups is 1. The Bertz CT molecular complexity index is 724. The minimum atomic E-state index is -0.810. The predicted molar refractivity (Wildman–Crippen MR) is 83.6 cm³/mol. The minimum Gasteiger partial charge on any atom is -0.384 e. The zero-order valence-corrected chi connectivity index (χ0v) is 12.6. The molecule has 0 saturated heterocycles. The molecule has 0 radical (unpaired) electrons. The Morgan fingerprint density at radius 3 is 2.62 bits per heavy atom. The molecule has 0 fully saturated rings. The lowest BCUT2D eigenvalue weighted by Gasteiger charge is -2.18. The molecule has 1 atom stereocenters. The standard InChI is InChI=1S/C17H16ClNO2/c1-17(2)12-9-10(7-8-14(12)19-16(17)21)15(20)11-5-3-4-6-13(11)18/h3-9,15,20H,1-2H3,(H,19,21). The molecule has 1 amide bonds. The fourth-order valence-corrected chi connectivity index (χ4v) is 2.87. The predicted octanol–water partition coefficient (Wildman–Crippen LogP) is 3.65. The van der Waals surface area contributed by atoms with E-state index in [0.717, 1.165) is 16.8 Å². The van der Waals surface area contributed by atoms with Crippen LogP contribution in [-0.4, -0.2) is 11.0 Å². The number of carbonyl (C=O) groups excluding carboxylic acids is 1. The van der Waals surface area contributed by atoms with Crippen LogP contribution in [0.15, 0.2) is 42.5 Å². The molecule has 1 unspecified atom stereocenters. The van der Waals surface area contributed by atoms with Crippen LogP contribution in [0.4, 0.5) is 5.69 Å². The second kappa shape index (κ2) is 4.86. The van der Waals surface area contributed by atoms with E-state index in [4.69, 9.17) is 11.6 Å². The van der Waals surface area contributed by atoms with E-state index in [-0.39, 0.29) is 5.91 Å². The summed E-state index contributed by atoms with van der Waals surface area (Å²) in [4.78, 5) is 12.0. The van der Waals surface area contributed by atoms with E-state index in [0.29, 0.717) is 10.6 Å². The van der Waals surface area contributed by atoms with Crippen LogP contribution in [0.3, 0.4) is 0 Å². The summed E-state index contributed by atoms with van der Waals surface area (Å²) in [7, 11) is 0. The van der Waals surface area contributed by atoms with Gasteiger partial charge in [-0.2, -0.15) is 0 Å². The van der Waals surface area contributed by atoms with Crippen molar-refractivity contribution in [1.29, 1.82) is 0 Å². The molecule has 1 aliphatic rings. The van der Waals surface area contributed by atoms with Gasteiger partial charge in [-0.1, -0.05) is 35.9 Å². The quantitative estimate of drug-likeness (QED) is 0.889. The number of hydrogen-bond acceptors (Lipinski definition) is 2. The van der Waals surface area contributed by atoms with Crippen LogP contribution in [0.25, 0.3) is 0 Å². The molecule has 3 rings (SSSR count). The minimum absolute atomic E-state index is 0.0260. The third kappa shape index (κ3) is 2.23. The summed E-state index contributed by atoms with van der Waals surface area (Å²) in [6.45, 7) is 3.75. The summed E-state index contributed by atoms with van der Waals surface area (Å²) in [5.41, 5.74) is 2.50. The van der Waals surface area contributed by atoms with Crippen molar-refractivity contribution in [3.8, 4) is 0 Å². The number of anilines is 1. The molecule has 2 N–H and O–H groups in total. The van der Waals surface area contributed by atoms with Gasteiger partial charge in [0, 0.05) is 16.3 Å². The fraction of sp³-hybridized carbons (Fsp3) is 0.235. The maximum atomic E-state index is 12.0. The van der Waals surface area contributed by atoms with Crippen molar-refractivity contribution in [2.45, 2.75) is 25.4 Å². The van der Waals surface area contributed by atoms with Crippen LogP contribution in [0, 0.1) is 0 Å². The van der Waals surface area contributed by atoms with E-state index in [1.807, 2.05) is 44.2 Å². The number of hydrogen-bond donors (Lipinski definition) is 2. The number of rotatable bonds is 2. The summed E-state index contributed by atoms with van der Waals surface area (Å²) in [6, 6.07) is 12.7. The third-order valence-corrected chi connectivity index (χ3v) is 4.39. The average Bonchev–Trinajstić information content (AvgIpc) is 2.69. The first kappa shape index (κ1) is 14.1. The molecule has 108 valence electrons. The summed E-state index contributed by atoms with van der Waals surface area (Å²) in [5, 5.41) is 13.9. The van der Waals surface area contributed by atoms with Crippen molar-refractivity contribution in [3.05, 3.63) is 64.2 Å². The van der Waals surface area contributed by atoms with Crippen LogP contribution >= 0.6 is 11.6 Å². The zero-order chi connectivity index (χ0) is 15.2. The lowest BCUT2D eigenvalue weighted by molar-refractivity contribution is -0.119. The van der Waals surface area contributed by atoms with E-state index in [1.165, 1.54) is 0 Å². The Morgan fingerprint density at radius 1 is 1.19 bits per heavy atom. The van der Waals surface area contributed by atoms with Crippen LogP contribution < -0.4 is 5.32 Å². The molecule has 21 heavy (non-hydrogen) atoms. The van der Waals surface area contributed by atoms with Crippen LogP contribution in [0.1, 0.15) is 36.6 Å². The molecule has 2 aromatic rings. The Morgan fingerprint density at radius 2 is 1.90 bits per heavy atom. The number of carbonyl (C=O) groups is 1. The van der Waals surface area contributed by atoms with Gasteiger partial charge in [0.1, 0.15) is 6.10 Å². The fourth-order valence-electron chi connectivity index (χ4n) is 2.64. The van der Waals surface area contributed by atoms with E-state index in [9.17, 15) is 9.90 Å². The smallest absolute Gasteiger partial charge is 0.234 e. The highest BCUT2D eigenvalue weighted by Crippen LogP contribution is 2.39. The maximum Gasteiger partial charge on any atom is 0.234 e. The SMILES string of the molecule is CC1(C)C(=O)Nc2ccc(C(O)c3ccccc3Cl)cc21. The van der Waals surface area contributed by atoms with Crippen LogP contribution in [0.5, 0.6) is 0 Å². The van der Waals surface area contributed by atoms with Crippen molar-refractivity contribution in [1.82, 2.24) is 0 Å². The lowest BCUT2D eigenvalue weighted by Crippen LogP contribution is -2.26. The number of halogens is 1. The largest absolute Gasteiger partial charge is 0.384 e. The monoisotopic (exact) mass is 301 g/mol. The Labute approximate surface area is 128 Å². The van der Waals surface area contributed by atoms with Gasteiger partial charge in [-0.3, -0.25) is 4.79 Å². The first-order valence-corrected chi connectivity index (χ1v) is 7.17. The molecule has 1 aliphatic heterocycles. The van der Waals surface area contributed by atoms with Gasteiger partial charge in [-0.25, -0.2) is 0 Å². The summed E-state index contributed by atoms with van der Waals surface area (Å²) in [5.74, 6) is -0.0260. The number of aliphatic hydroxyl groups excluding tert-OH is 1. The van der Waals surface area contributed by atoms with Crippen molar-refractivity contribution in [2.75, 3.05) is 5.32 Å². The highest BCUT2D eigenvalue weighted by Gasteiger charge is 2.38. The molecule has 0 spiro atoms. The Kier molecular flexibility index (Phi) is 3.27. The number of amides is 1. The van der Waals surface area contributed by atoms with Gasteiger partial charge in [0.2, 0.25) is 5.91 Å². The molecular weight excluding hydrogens is 286 g/mol. The first-order valence-electron chi connectivity index (χ1n) is 6.79. The molecule has 1 heterocycles. The average molecular weight is 302 g/mol. The van der Waals surface area contributed by atoms with Gasteiger partial charge in [-0.05, 0) is 43.2 Å². The molecule has 0 bridgehead atoms. The van der Waals surface area contributed by atoms with Gasteiger partial charge in [0.15, 0.2) is 0 Å². The Hall–Kier alpha value is -1.84. The second-order valence-corrected chi connectivity index (χ2v) is 6.22. The maximum absolute atomic E-state index is 12.0. The van der Waals surface area contributed by atoms with Crippen molar-refractivity contribution < 1.29 is 9.90 Å². The molecule has 2 aromatic carbocycles. The molecule has 3 nitrogen and oxygen atoms in total. The van der Waals surface area contributed by atoms with Gasteiger partial charge in [0.05, 0.1) is 5.41 Å². The third-order valence-electron chi connectivity index (χ3n) is 4.05. The highest BCUT2D eigenvalue weighted by atomic mass is 35.5. The normalized spacial score (nSPS) is 17.2. The second-order valence-electron chi connectivity index (χ2n) is 5.81. The summed E-state index contributed by atoms with van der Waals surface area (Å²) >= 11 is 6.14. The zero-order valence-electron chi connectivity index (χ0n) is 11.9. The molecule has 0 saturated carbocycles. The molecular formula is C17H16ClNO2. The lowest BCUT2D eigenvalue weighted by atomic mass is 9.84. The number of benzene rings is 2. The van der Waals surface area contributed by atoms with Gasteiger partial charge >= 0.3 is 0 Å². The molecule has 0 aromatic heterocycles. The number of nitrogens with one attached hydrogen (secondary N) is 1. The van der Waals surface area contributed by atoms with E-state index in [2.05, 4.69) is 5.32 Å². The van der Waals surface area contributed by atoms with Gasteiger partial charge < -0.3 is 10.4 Å². The van der Waals surface area contributed by atoms with Crippen LogP contribution in [0.2, 0.25) is 5.02 Å². The van der Waals surface area contributed by atoms with E-state index >= 15 is 0 Å². The van der Waals surface area contributed by atoms with Crippen LogP contribution in [-0.2, 0) is 10.2 Å². The van der Waals surface area contributed by atoms with Gasteiger partial charge in [0.25, 0.3) is 0 Å². The van der Waals surface area contributed by atoms with Gasteiger partial charge in [-0.15, -0.1) is 0 Å².